The summed E-state index contributed by atoms with van der Waals surface area (Å²) < 4.78 is 5.21. The first-order valence-corrected chi connectivity index (χ1v) is 7.55. The van der Waals surface area contributed by atoms with Gasteiger partial charge in [-0.15, -0.1) is 0 Å². The maximum atomic E-state index is 12.6. The fourth-order valence-electron chi connectivity index (χ4n) is 2.92. The van der Waals surface area contributed by atoms with Crippen LogP contribution in [0.25, 0.3) is 6.08 Å². The first-order valence-electron chi connectivity index (χ1n) is 7.55. The lowest BCUT2D eigenvalue weighted by Gasteiger charge is -2.34. The molecule has 0 heterocycles. The lowest BCUT2D eigenvalue weighted by Crippen LogP contribution is -2.46. The number of carbonyl (C=O) groups excluding carboxylic acids is 3. The Morgan fingerprint density at radius 3 is 2.33 bits per heavy atom. The zero-order chi connectivity index (χ0) is 18.1. The minimum atomic E-state index is -1.34. The highest BCUT2D eigenvalue weighted by atomic mass is 16.5. The summed E-state index contributed by atoms with van der Waals surface area (Å²) in [7, 11) is 1.41. The molecule has 1 aromatic rings. The number of benzene rings is 1. The molecule has 1 N–H and O–H groups in total. The summed E-state index contributed by atoms with van der Waals surface area (Å²) in [5.41, 5.74) is -0.0427. The predicted octanol–water partition coefficient (Wildman–Crippen LogP) is 2.69. The topological polar surface area (TPSA) is 80.7 Å². The molecule has 1 aromatic carbocycles. The van der Waals surface area contributed by atoms with E-state index in [1.54, 1.807) is 32.9 Å². The number of allylic oxidation sites excluding steroid dienone is 3. The van der Waals surface area contributed by atoms with Crippen LogP contribution in [0.2, 0.25) is 0 Å². The standard InChI is InChI=1S/C19H20O5/c1-11-16(22)15(17(23)19(2,3)18(11)24-4)14(21)10-7-12-5-8-13(20)9-6-12/h5-10,15,20H,1-4H3. The molecule has 0 amide bonds. The number of aromatic hydroxyl groups is 1. The molecular weight excluding hydrogens is 308 g/mol. The van der Waals surface area contributed by atoms with Crippen molar-refractivity contribution in [3.05, 3.63) is 47.2 Å². The molecule has 24 heavy (non-hydrogen) atoms. The molecule has 0 saturated heterocycles. The maximum absolute atomic E-state index is 12.6. The Morgan fingerprint density at radius 1 is 1.21 bits per heavy atom. The minimum absolute atomic E-state index is 0.116. The molecule has 0 bridgehead atoms. The number of rotatable bonds is 4. The van der Waals surface area contributed by atoms with Crippen LogP contribution >= 0.6 is 0 Å². The number of ether oxygens (including phenoxy) is 1. The van der Waals surface area contributed by atoms with Gasteiger partial charge in [0.05, 0.1) is 12.5 Å². The molecule has 5 nitrogen and oxygen atoms in total. The number of hydrogen-bond acceptors (Lipinski definition) is 5. The Kier molecular flexibility index (Phi) is 4.73. The van der Waals surface area contributed by atoms with Crippen molar-refractivity contribution in [2.45, 2.75) is 20.8 Å². The molecular formula is C19H20O5. The molecule has 1 aliphatic carbocycles. The molecule has 1 atom stereocenters. The number of ketones is 3. The van der Waals surface area contributed by atoms with E-state index in [-0.39, 0.29) is 5.75 Å². The van der Waals surface area contributed by atoms with Crippen LogP contribution in [0.1, 0.15) is 26.3 Å². The van der Waals surface area contributed by atoms with Crippen LogP contribution < -0.4 is 0 Å². The molecule has 1 unspecified atom stereocenters. The second kappa shape index (κ2) is 6.43. The van der Waals surface area contributed by atoms with Crippen LogP contribution in [-0.4, -0.2) is 29.6 Å². The fraction of sp³-hybridized carbons (Fsp3) is 0.316. The summed E-state index contributed by atoms with van der Waals surface area (Å²) >= 11 is 0. The van der Waals surface area contributed by atoms with E-state index in [1.165, 1.54) is 31.4 Å². The molecule has 0 aliphatic heterocycles. The first kappa shape index (κ1) is 17.7. The van der Waals surface area contributed by atoms with Crippen LogP contribution in [0, 0.1) is 11.3 Å². The Balaban J connectivity index is 2.32. The first-order chi connectivity index (χ1) is 11.2. The van der Waals surface area contributed by atoms with Gasteiger partial charge in [-0.3, -0.25) is 14.4 Å². The number of Topliss-reactive ketones (excluding diaryl/α,β-unsaturated/α-hetero) is 2. The molecule has 2 rings (SSSR count). The van der Waals surface area contributed by atoms with Crippen molar-refractivity contribution in [3.8, 4) is 5.75 Å². The van der Waals surface area contributed by atoms with E-state index in [1.807, 2.05) is 0 Å². The van der Waals surface area contributed by atoms with Crippen LogP contribution in [0.15, 0.2) is 41.7 Å². The Bertz CT molecular complexity index is 750. The summed E-state index contributed by atoms with van der Waals surface area (Å²) in [4.78, 5) is 37.5. The molecule has 0 spiro atoms. The van der Waals surface area contributed by atoms with E-state index in [2.05, 4.69) is 0 Å². The maximum Gasteiger partial charge on any atom is 0.180 e. The van der Waals surface area contributed by atoms with Crippen molar-refractivity contribution < 1.29 is 24.2 Å². The van der Waals surface area contributed by atoms with Gasteiger partial charge in [-0.05, 0) is 44.5 Å². The predicted molar refractivity (Wildman–Crippen MR) is 89.1 cm³/mol. The summed E-state index contributed by atoms with van der Waals surface area (Å²) in [6.45, 7) is 4.86. The third-order valence-electron chi connectivity index (χ3n) is 4.24. The molecule has 0 saturated carbocycles. The number of carbonyl (C=O) groups is 3. The van der Waals surface area contributed by atoms with Crippen LogP contribution in [-0.2, 0) is 19.1 Å². The van der Waals surface area contributed by atoms with Crippen molar-refractivity contribution in [1.82, 2.24) is 0 Å². The molecule has 0 aromatic heterocycles. The van der Waals surface area contributed by atoms with Crippen molar-refractivity contribution in [2.24, 2.45) is 11.3 Å². The van der Waals surface area contributed by atoms with Gasteiger partial charge in [0, 0.05) is 5.57 Å². The number of phenolic OH excluding ortho intramolecular Hbond substituents is 1. The van der Waals surface area contributed by atoms with Gasteiger partial charge >= 0.3 is 0 Å². The third-order valence-corrected chi connectivity index (χ3v) is 4.24. The van der Waals surface area contributed by atoms with Crippen molar-refractivity contribution in [1.29, 1.82) is 0 Å². The Hall–Kier alpha value is -2.69. The van der Waals surface area contributed by atoms with E-state index < -0.39 is 28.7 Å². The lowest BCUT2D eigenvalue weighted by atomic mass is 9.69. The van der Waals surface area contributed by atoms with Gasteiger partial charge in [-0.2, -0.15) is 0 Å². The smallest absolute Gasteiger partial charge is 0.180 e. The molecule has 1 aliphatic rings. The van der Waals surface area contributed by atoms with E-state index in [0.717, 1.165) is 0 Å². The van der Waals surface area contributed by atoms with E-state index >= 15 is 0 Å². The zero-order valence-corrected chi connectivity index (χ0v) is 14.1. The highest BCUT2D eigenvalue weighted by Gasteiger charge is 2.49. The molecule has 126 valence electrons. The Labute approximate surface area is 140 Å². The fourth-order valence-corrected chi connectivity index (χ4v) is 2.92. The van der Waals surface area contributed by atoms with Gasteiger partial charge in [0.15, 0.2) is 17.3 Å². The summed E-state index contributed by atoms with van der Waals surface area (Å²) in [5, 5.41) is 9.25. The van der Waals surface area contributed by atoms with E-state index in [9.17, 15) is 19.5 Å². The average Bonchev–Trinajstić information content (AvgIpc) is 2.53. The molecule has 5 heteroatoms. The largest absolute Gasteiger partial charge is 0.508 e. The van der Waals surface area contributed by atoms with Crippen LogP contribution in [0.5, 0.6) is 5.75 Å². The number of phenols is 1. The van der Waals surface area contributed by atoms with Gasteiger partial charge in [0.1, 0.15) is 17.4 Å². The van der Waals surface area contributed by atoms with E-state index in [4.69, 9.17) is 4.74 Å². The lowest BCUT2D eigenvalue weighted by molar-refractivity contribution is -0.143. The monoisotopic (exact) mass is 328 g/mol. The summed E-state index contributed by atoms with van der Waals surface area (Å²) in [5.74, 6) is -2.45. The SMILES string of the molecule is COC1=C(C)C(=O)C(C(=O)C=Cc2ccc(O)cc2)C(=O)C1(C)C. The van der Waals surface area contributed by atoms with Crippen molar-refractivity contribution in [2.75, 3.05) is 7.11 Å². The second-order valence-electron chi connectivity index (χ2n) is 6.27. The van der Waals surface area contributed by atoms with Gasteiger partial charge in [-0.1, -0.05) is 18.2 Å². The van der Waals surface area contributed by atoms with Crippen molar-refractivity contribution >= 4 is 23.4 Å². The van der Waals surface area contributed by atoms with Crippen molar-refractivity contribution in [3.63, 3.8) is 0 Å². The summed E-state index contributed by atoms with van der Waals surface area (Å²) in [6.07, 6.45) is 2.74. The Morgan fingerprint density at radius 2 is 1.79 bits per heavy atom. The average molecular weight is 328 g/mol. The van der Waals surface area contributed by atoms with Crippen LogP contribution in [0.3, 0.4) is 0 Å². The van der Waals surface area contributed by atoms with Gasteiger partial charge in [-0.25, -0.2) is 0 Å². The van der Waals surface area contributed by atoms with E-state index in [0.29, 0.717) is 16.9 Å². The summed E-state index contributed by atoms with van der Waals surface area (Å²) in [6, 6.07) is 6.23. The highest BCUT2D eigenvalue weighted by Crippen LogP contribution is 2.39. The second-order valence-corrected chi connectivity index (χ2v) is 6.27. The zero-order valence-electron chi connectivity index (χ0n) is 14.1. The quantitative estimate of drug-likeness (QED) is 0.679. The number of methoxy groups -OCH3 is 1. The van der Waals surface area contributed by atoms with Gasteiger partial charge in [0.25, 0.3) is 0 Å². The van der Waals surface area contributed by atoms with Gasteiger partial charge < -0.3 is 9.84 Å². The third kappa shape index (κ3) is 3.02. The van der Waals surface area contributed by atoms with Crippen LogP contribution in [0.4, 0.5) is 0 Å². The molecule has 0 radical (unpaired) electrons. The van der Waals surface area contributed by atoms with Gasteiger partial charge in [0.2, 0.25) is 0 Å². The normalized spacial score (nSPS) is 20.6. The minimum Gasteiger partial charge on any atom is -0.508 e. The molecule has 0 fully saturated rings. The number of hydrogen-bond donors (Lipinski definition) is 1. The highest BCUT2D eigenvalue weighted by molar-refractivity contribution is 6.30.